The predicted octanol–water partition coefficient (Wildman–Crippen LogP) is -1.48. The topological polar surface area (TPSA) is 98.8 Å². The molecule has 0 aliphatic rings. The molecule has 0 aliphatic carbocycles. The molecule has 0 spiro atoms. The zero-order valence-corrected chi connectivity index (χ0v) is 5.61. The van der Waals surface area contributed by atoms with Gasteiger partial charge in [-0.25, -0.2) is 28.5 Å². The van der Waals surface area contributed by atoms with Gasteiger partial charge in [0.25, 0.3) is 15.2 Å². The minimum absolute atomic E-state index is 0.414. The number of nitrogens with zero attached hydrogens (tertiary/aromatic N) is 3. The Balaban J connectivity index is 3.22. The standard InChI is InChI=1S/C3H4N4O2S/c4-10(8,9)3-6-1-5-2-7-3/h1-2H,(H2,4,8,9). The first-order valence-electron chi connectivity index (χ1n) is 2.25. The van der Waals surface area contributed by atoms with Gasteiger partial charge in [0.15, 0.2) is 0 Å². The number of hydrogen-bond acceptors (Lipinski definition) is 5. The average Bonchev–Trinajstić information content (AvgIpc) is 1.88. The Morgan fingerprint density at radius 3 is 2.10 bits per heavy atom. The van der Waals surface area contributed by atoms with Crippen LogP contribution in [-0.4, -0.2) is 23.4 Å². The van der Waals surface area contributed by atoms with E-state index in [0.717, 1.165) is 12.7 Å². The molecule has 0 saturated carbocycles. The van der Waals surface area contributed by atoms with E-state index >= 15 is 0 Å². The summed E-state index contributed by atoms with van der Waals surface area (Å²) in [6, 6.07) is 0. The molecule has 6 nitrogen and oxygen atoms in total. The van der Waals surface area contributed by atoms with Crippen molar-refractivity contribution in [3.63, 3.8) is 0 Å². The minimum atomic E-state index is -3.77. The molecule has 1 aromatic rings. The van der Waals surface area contributed by atoms with Crippen LogP contribution in [0.5, 0.6) is 0 Å². The van der Waals surface area contributed by atoms with Crippen LogP contribution in [0.4, 0.5) is 0 Å². The van der Waals surface area contributed by atoms with Gasteiger partial charge < -0.3 is 0 Å². The van der Waals surface area contributed by atoms with Gasteiger partial charge in [0.05, 0.1) is 0 Å². The lowest BCUT2D eigenvalue weighted by Crippen LogP contribution is -2.15. The van der Waals surface area contributed by atoms with Crippen molar-refractivity contribution in [1.29, 1.82) is 0 Å². The molecule has 54 valence electrons. The molecule has 1 heterocycles. The average molecular weight is 160 g/mol. The molecule has 2 N–H and O–H groups in total. The van der Waals surface area contributed by atoms with Crippen LogP contribution < -0.4 is 5.14 Å². The van der Waals surface area contributed by atoms with Crippen molar-refractivity contribution in [3.8, 4) is 0 Å². The fraction of sp³-hybridized carbons (Fsp3) is 0. The van der Waals surface area contributed by atoms with Crippen LogP contribution in [0.15, 0.2) is 17.8 Å². The first-order valence-corrected chi connectivity index (χ1v) is 3.80. The Bertz CT molecular complexity index is 307. The maximum atomic E-state index is 10.5. The fourth-order valence-electron chi connectivity index (χ4n) is 0.376. The SMILES string of the molecule is NS(=O)(=O)c1ncncn1. The molecule has 0 saturated heterocycles. The predicted molar refractivity (Wildman–Crippen MR) is 31.2 cm³/mol. The Kier molecular flexibility index (Phi) is 1.60. The lowest BCUT2D eigenvalue weighted by Gasteiger charge is -1.90. The highest BCUT2D eigenvalue weighted by Crippen LogP contribution is 1.91. The second-order valence-corrected chi connectivity index (χ2v) is 2.92. The van der Waals surface area contributed by atoms with Gasteiger partial charge in [0.2, 0.25) is 0 Å². The number of aromatic nitrogens is 3. The van der Waals surface area contributed by atoms with Crippen molar-refractivity contribution in [2.75, 3.05) is 0 Å². The number of sulfonamides is 1. The van der Waals surface area contributed by atoms with Crippen LogP contribution >= 0.6 is 0 Å². The molecule has 1 rings (SSSR count). The highest BCUT2D eigenvalue weighted by atomic mass is 32.2. The molecular formula is C3H4N4O2S. The lowest BCUT2D eigenvalue weighted by atomic mass is 11.1. The summed E-state index contributed by atoms with van der Waals surface area (Å²) in [6.07, 6.45) is 2.12. The Morgan fingerprint density at radius 2 is 1.80 bits per heavy atom. The van der Waals surface area contributed by atoms with Gasteiger partial charge in [-0.1, -0.05) is 0 Å². The minimum Gasteiger partial charge on any atom is -0.225 e. The molecule has 0 amide bonds. The van der Waals surface area contributed by atoms with Crippen molar-refractivity contribution in [1.82, 2.24) is 15.0 Å². The van der Waals surface area contributed by atoms with E-state index in [9.17, 15) is 8.42 Å². The van der Waals surface area contributed by atoms with Crippen LogP contribution in [0.3, 0.4) is 0 Å². The van der Waals surface area contributed by atoms with Crippen molar-refractivity contribution in [2.45, 2.75) is 5.16 Å². The molecule has 0 aliphatic heterocycles. The second kappa shape index (κ2) is 2.27. The number of hydrogen-bond donors (Lipinski definition) is 1. The van der Waals surface area contributed by atoms with Gasteiger partial charge in [0.1, 0.15) is 12.7 Å². The third kappa shape index (κ3) is 1.45. The summed E-state index contributed by atoms with van der Waals surface area (Å²) in [5.41, 5.74) is 0. The summed E-state index contributed by atoms with van der Waals surface area (Å²) in [7, 11) is -3.77. The first-order chi connectivity index (χ1) is 4.61. The molecular weight excluding hydrogens is 156 g/mol. The molecule has 0 atom stereocenters. The molecule has 10 heavy (non-hydrogen) atoms. The van der Waals surface area contributed by atoms with Gasteiger partial charge >= 0.3 is 0 Å². The smallest absolute Gasteiger partial charge is 0.225 e. The van der Waals surface area contributed by atoms with Gasteiger partial charge in [-0.05, 0) is 0 Å². The molecule has 1 aromatic heterocycles. The molecule has 7 heteroatoms. The summed E-state index contributed by atoms with van der Waals surface area (Å²) in [4.78, 5) is 10.0. The van der Waals surface area contributed by atoms with Gasteiger partial charge in [-0.2, -0.15) is 0 Å². The van der Waals surface area contributed by atoms with Gasteiger partial charge in [0, 0.05) is 0 Å². The van der Waals surface area contributed by atoms with Crippen LogP contribution in [-0.2, 0) is 10.0 Å². The molecule has 0 unspecified atom stereocenters. The van der Waals surface area contributed by atoms with E-state index in [4.69, 9.17) is 0 Å². The fourth-order valence-corrected chi connectivity index (χ4v) is 0.764. The molecule has 0 aromatic carbocycles. The summed E-state index contributed by atoms with van der Waals surface area (Å²) in [5, 5.41) is 4.26. The van der Waals surface area contributed by atoms with Crippen molar-refractivity contribution in [3.05, 3.63) is 12.7 Å². The van der Waals surface area contributed by atoms with Crippen molar-refractivity contribution in [2.24, 2.45) is 5.14 Å². The monoisotopic (exact) mass is 160 g/mol. The van der Waals surface area contributed by atoms with E-state index in [1.54, 1.807) is 0 Å². The normalized spacial score (nSPS) is 11.3. The lowest BCUT2D eigenvalue weighted by molar-refractivity contribution is 0.587. The molecule has 0 fully saturated rings. The van der Waals surface area contributed by atoms with Gasteiger partial charge in [-0.3, -0.25) is 0 Å². The zero-order valence-electron chi connectivity index (χ0n) is 4.80. The summed E-state index contributed by atoms with van der Waals surface area (Å²) >= 11 is 0. The molecule has 0 radical (unpaired) electrons. The van der Waals surface area contributed by atoms with E-state index in [2.05, 4.69) is 20.1 Å². The van der Waals surface area contributed by atoms with Crippen molar-refractivity contribution >= 4 is 10.0 Å². The first kappa shape index (κ1) is 7.03. The highest BCUT2D eigenvalue weighted by Gasteiger charge is 2.08. The van der Waals surface area contributed by atoms with Crippen LogP contribution in [0.2, 0.25) is 0 Å². The third-order valence-corrected chi connectivity index (χ3v) is 1.44. The largest absolute Gasteiger partial charge is 0.273 e. The Hall–Kier alpha value is -1.08. The van der Waals surface area contributed by atoms with E-state index in [-0.39, 0.29) is 0 Å². The number of primary sulfonamides is 1. The van der Waals surface area contributed by atoms with E-state index < -0.39 is 15.2 Å². The summed E-state index contributed by atoms with van der Waals surface area (Å²) in [5.74, 6) is 0. The van der Waals surface area contributed by atoms with Crippen LogP contribution in [0.1, 0.15) is 0 Å². The summed E-state index contributed by atoms with van der Waals surface area (Å²) in [6.45, 7) is 0. The number of rotatable bonds is 1. The number of nitrogens with two attached hydrogens (primary N) is 1. The van der Waals surface area contributed by atoms with Crippen LogP contribution in [0.25, 0.3) is 0 Å². The second-order valence-electron chi connectivity index (χ2n) is 1.47. The Morgan fingerprint density at radius 1 is 1.30 bits per heavy atom. The van der Waals surface area contributed by atoms with E-state index in [1.807, 2.05) is 0 Å². The quantitative estimate of drug-likeness (QED) is 0.540. The molecule has 0 bridgehead atoms. The van der Waals surface area contributed by atoms with Gasteiger partial charge in [-0.15, -0.1) is 0 Å². The van der Waals surface area contributed by atoms with Crippen LogP contribution in [0, 0.1) is 0 Å². The van der Waals surface area contributed by atoms with Crippen molar-refractivity contribution < 1.29 is 8.42 Å². The summed E-state index contributed by atoms with van der Waals surface area (Å²) < 4.78 is 20.9. The van der Waals surface area contributed by atoms with E-state index in [0.29, 0.717) is 0 Å². The zero-order chi connectivity index (χ0) is 7.61. The maximum absolute atomic E-state index is 10.5. The maximum Gasteiger partial charge on any atom is 0.273 e. The highest BCUT2D eigenvalue weighted by molar-refractivity contribution is 7.89. The van der Waals surface area contributed by atoms with E-state index in [1.165, 1.54) is 0 Å². The third-order valence-electron chi connectivity index (χ3n) is 0.724. The Labute approximate surface area is 57.2 Å².